The van der Waals surface area contributed by atoms with Crippen molar-refractivity contribution < 1.29 is 0 Å². The average molecular weight is 262 g/mol. The van der Waals surface area contributed by atoms with Crippen LogP contribution in [0, 0.1) is 5.92 Å². The molecule has 2 N–H and O–H groups in total. The SMILES string of the molecule is CC(C)CCC(N)c1csc(Br)c1. The first-order valence-electron chi connectivity index (χ1n) is 4.59. The molecule has 1 aromatic heterocycles. The van der Waals surface area contributed by atoms with Gasteiger partial charge in [-0.05, 0) is 51.7 Å². The summed E-state index contributed by atoms with van der Waals surface area (Å²) < 4.78 is 1.17. The fraction of sp³-hybridized carbons (Fsp3) is 0.600. The van der Waals surface area contributed by atoms with Crippen molar-refractivity contribution in [2.45, 2.75) is 32.7 Å². The number of hydrogen-bond donors (Lipinski definition) is 1. The lowest BCUT2D eigenvalue weighted by Gasteiger charge is -2.11. The fourth-order valence-electron chi connectivity index (χ4n) is 1.20. The molecule has 0 radical (unpaired) electrons. The van der Waals surface area contributed by atoms with Crippen molar-refractivity contribution in [3.63, 3.8) is 0 Å². The Bertz CT molecular complexity index is 257. The molecule has 1 heterocycles. The van der Waals surface area contributed by atoms with Crippen LogP contribution in [0.25, 0.3) is 0 Å². The van der Waals surface area contributed by atoms with E-state index in [0.29, 0.717) is 0 Å². The van der Waals surface area contributed by atoms with E-state index in [9.17, 15) is 0 Å². The predicted molar refractivity (Wildman–Crippen MR) is 63.0 cm³/mol. The summed E-state index contributed by atoms with van der Waals surface area (Å²) in [5, 5.41) is 2.13. The molecule has 0 spiro atoms. The molecular formula is C10H16BrNS. The maximum absolute atomic E-state index is 6.04. The number of halogens is 1. The zero-order valence-corrected chi connectivity index (χ0v) is 10.5. The van der Waals surface area contributed by atoms with E-state index < -0.39 is 0 Å². The van der Waals surface area contributed by atoms with E-state index >= 15 is 0 Å². The lowest BCUT2D eigenvalue weighted by molar-refractivity contribution is 0.508. The van der Waals surface area contributed by atoms with Crippen molar-refractivity contribution in [1.82, 2.24) is 0 Å². The van der Waals surface area contributed by atoms with Crippen LogP contribution < -0.4 is 5.73 Å². The van der Waals surface area contributed by atoms with Crippen LogP contribution in [0.3, 0.4) is 0 Å². The first-order valence-corrected chi connectivity index (χ1v) is 6.26. The maximum Gasteiger partial charge on any atom is 0.0701 e. The molecule has 1 atom stereocenters. The Morgan fingerprint density at radius 2 is 2.15 bits per heavy atom. The van der Waals surface area contributed by atoms with Crippen molar-refractivity contribution in [3.05, 3.63) is 20.8 Å². The van der Waals surface area contributed by atoms with Crippen LogP contribution in [-0.4, -0.2) is 0 Å². The fourth-order valence-corrected chi connectivity index (χ4v) is 2.44. The predicted octanol–water partition coefficient (Wildman–Crippen LogP) is 3.95. The summed E-state index contributed by atoms with van der Waals surface area (Å²) in [6, 6.07) is 2.33. The van der Waals surface area contributed by atoms with E-state index in [1.807, 2.05) is 0 Å². The highest BCUT2D eigenvalue weighted by Gasteiger charge is 2.08. The summed E-state index contributed by atoms with van der Waals surface area (Å²) in [6.45, 7) is 4.46. The van der Waals surface area contributed by atoms with Gasteiger partial charge in [0.2, 0.25) is 0 Å². The molecule has 1 unspecified atom stereocenters. The topological polar surface area (TPSA) is 26.0 Å². The Balaban J connectivity index is 2.44. The number of nitrogens with two attached hydrogens (primary N) is 1. The molecule has 1 nitrogen and oxygen atoms in total. The first kappa shape index (κ1) is 11.2. The third-order valence-electron chi connectivity index (χ3n) is 2.07. The van der Waals surface area contributed by atoms with Gasteiger partial charge in [0.05, 0.1) is 3.79 Å². The van der Waals surface area contributed by atoms with Gasteiger partial charge in [-0.3, -0.25) is 0 Å². The Morgan fingerprint density at radius 3 is 2.62 bits per heavy atom. The monoisotopic (exact) mass is 261 g/mol. The molecule has 0 aromatic carbocycles. The first-order chi connectivity index (χ1) is 6.09. The molecule has 0 bridgehead atoms. The van der Waals surface area contributed by atoms with Gasteiger partial charge in [0.15, 0.2) is 0 Å². The van der Waals surface area contributed by atoms with Crippen LogP contribution in [0.1, 0.15) is 38.3 Å². The lowest BCUT2D eigenvalue weighted by atomic mass is 10.0. The second kappa shape index (κ2) is 5.13. The minimum Gasteiger partial charge on any atom is -0.324 e. The van der Waals surface area contributed by atoms with Gasteiger partial charge in [-0.25, -0.2) is 0 Å². The zero-order valence-electron chi connectivity index (χ0n) is 8.09. The summed E-state index contributed by atoms with van der Waals surface area (Å²) in [5.74, 6) is 0.744. The molecule has 13 heavy (non-hydrogen) atoms. The van der Waals surface area contributed by atoms with Crippen molar-refractivity contribution in [1.29, 1.82) is 0 Å². The van der Waals surface area contributed by atoms with E-state index in [1.165, 1.54) is 15.8 Å². The Kier molecular flexibility index (Phi) is 4.42. The van der Waals surface area contributed by atoms with Gasteiger partial charge in [0, 0.05) is 6.04 Å². The van der Waals surface area contributed by atoms with Crippen LogP contribution >= 0.6 is 27.3 Å². The van der Waals surface area contributed by atoms with E-state index in [2.05, 4.69) is 41.2 Å². The third kappa shape index (κ3) is 3.79. The van der Waals surface area contributed by atoms with Gasteiger partial charge in [0.25, 0.3) is 0 Å². The molecule has 0 saturated heterocycles. The summed E-state index contributed by atoms with van der Waals surface area (Å²) in [7, 11) is 0. The molecule has 1 aromatic rings. The Morgan fingerprint density at radius 1 is 1.46 bits per heavy atom. The van der Waals surface area contributed by atoms with Gasteiger partial charge in [-0.15, -0.1) is 11.3 Å². The van der Waals surface area contributed by atoms with Crippen molar-refractivity contribution >= 4 is 27.3 Å². The highest BCUT2D eigenvalue weighted by atomic mass is 79.9. The minimum atomic E-state index is 0.213. The summed E-state index contributed by atoms with van der Waals surface area (Å²) in [6.07, 6.45) is 2.29. The summed E-state index contributed by atoms with van der Waals surface area (Å²) in [5.41, 5.74) is 7.30. The molecule has 74 valence electrons. The van der Waals surface area contributed by atoms with Gasteiger partial charge in [-0.2, -0.15) is 0 Å². The molecule has 0 aliphatic heterocycles. The van der Waals surface area contributed by atoms with Crippen molar-refractivity contribution in [3.8, 4) is 0 Å². The minimum absolute atomic E-state index is 0.213. The van der Waals surface area contributed by atoms with E-state index in [0.717, 1.165) is 12.3 Å². The molecule has 1 rings (SSSR count). The van der Waals surface area contributed by atoms with Crippen LogP contribution in [0.15, 0.2) is 15.2 Å². The molecule has 3 heteroatoms. The van der Waals surface area contributed by atoms with Gasteiger partial charge in [-0.1, -0.05) is 13.8 Å². The van der Waals surface area contributed by atoms with Crippen LogP contribution in [0.2, 0.25) is 0 Å². The standard InChI is InChI=1S/C10H16BrNS/c1-7(2)3-4-9(12)8-5-10(11)13-6-8/h5-7,9H,3-4,12H2,1-2H3. The lowest BCUT2D eigenvalue weighted by Crippen LogP contribution is -2.10. The third-order valence-corrected chi connectivity index (χ3v) is 3.59. The van der Waals surface area contributed by atoms with E-state index in [4.69, 9.17) is 5.73 Å². The maximum atomic E-state index is 6.04. The Labute approximate surface area is 92.5 Å². The second-order valence-corrected chi connectivity index (χ2v) is 6.05. The van der Waals surface area contributed by atoms with Crippen LogP contribution in [-0.2, 0) is 0 Å². The van der Waals surface area contributed by atoms with Gasteiger partial charge in [0.1, 0.15) is 0 Å². The summed E-state index contributed by atoms with van der Waals surface area (Å²) in [4.78, 5) is 0. The number of rotatable bonds is 4. The molecule has 0 aliphatic carbocycles. The largest absolute Gasteiger partial charge is 0.324 e. The molecule has 0 saturated carbocycles. The zero-order chi connectivity index (χ0) is 9.84. The van der Waals surface area contributed by atoms with E-state index in [1.54, 1.807) is 11.3 Å². The normalized spacial score (nSPS) is 13.6. The highest BCUT2D eigenvalue weighted by Crippen LogP contribution is 2.26. The average Bonchev–Trinajstić information content (AvgIpc) is 2.47. The van der Waals surface area contributed by atoms with Crippen LogP contribution in [0.4, 0.5) is 0 Å². The molecule has 0 aliphatic rings. The Hall–Kier alpha value is 0.140. The number of thiophene rings is 1. The molecular weight excluding hydrogens is 246 g/mol. The van der Waals surface area contributed by atoms with Gasteiger partial charge < -0.3 is 5.73 Å². The molecule has 0 amide bonds. The van der Waals surface area contributed by atoms with Crippen LogP contribution in [0.5, 0.6) is 0 Å². The quantitative estimate of drug-likeness (QED) is 0.873. The van der Waals surface area contributed by atoms with Gasteiger partial charge >= 0.3 is 0 Å². The summed E-state index contributed by atoms with van der Waals surface area (Å²) >= 11 is 5.15. The highest BCUT2D eigenvalue weighted by molar-refractivity contribution is 9.11. The van der Waals surface area contributed by atoms with Crippen molar-refractivity contribution in [2.24, 2.45) is 11.7 Å². The smallest absolute Gasteiger partial charge is 0.0701 e. The second-order valence-electron chi connectivity index (χ2n) is 3.76. The van der Waals surface area contributed by atoms with Crippen molar-refractivity contribution in [2.75, 3.05) is 0 Å². The number of hydrogen-bond acceptors (Lipinski definition) is 2. The van der Waals surface area contributed by atoms with E-state index in [-0.39, 0.29) is 6.04 Å². The molecule has 0 fully saturated rings.